The van der Waals surface area contributed by atoms with E-state index in [4.69, 9.17) is 9.72 Å². The summed E-state index contributed by atoms with van der Waals surface area (Å²) in [6.45, 7) is 5.18. The molecule has 2 aromatic heterocycles. The fourth-order valence-electron chi connectivity index (χ4n) is 5.76. The summed E-state index contributed by atoms with van der Waals surface area (Å²) in [5.74, 6) is 0.816. The highest BCUT2D eigenvalue weighted by atomic mass is 19.3. The quantitative estimate of drug-likeness (QED) is 0.360. The molecule has 0 bridgehead atoms. The number of pyridine rings is 1. The molecule has 1 aliphatic heterocycles. The third-order valence-corrected chi connectivity index (χ3v) is 7.70. The number of fused-ring (bicyclic) bond motifs is 6. The van der Waals surface area contributed by atoms with Crippen LogP contribution >= 0.6 is 0 Å². The van der Waals surface area contributed by atoms with Crippen molar-refractivity contribution in [3.8, 4) is 22.6 Å². The topological polar surface area (TPSA) is 63.4 Å². The van der Waals surface area contributed by atoms with Gasteiger partial charge in [-0.1, -0.05) is 31.7 Å². The number of nitrogens with zero attached hydrogens (tertiary/aromatic N) is 4. The number of alkyl halides is 2. The molecule has 6 nitrogen and oxygen atoms in total. The molecular weight excluding hydrogens is 474 g/mol. The molecule has 2 aromatic carbocycles. The molecule has 0 spiro atoms. The van der Waals surface area contributed by atoms with Gasteiger partial charge in [-0.3, -0.25) is 9.55 Å². The molecule has 0 saturated carbocycles. The number of para-hydroxylation sites is 1. The monoisotopic (exact) mass is 502 g/mol. The number of benzene rings is 2. The van der Waals surface area contributed by atoms with E-state index < -0.39 is 12.2 Å². The lowest BCUT2D eigenvalue weighted by Gasteiger charge is -2.27. The first-order valence-corrected chi connectivity index (χ1v) is 12.4. The van der Waals surface area contributed by atoms with Gasteiger partial charge in [-0.2, -0.15) is 8.78 Å². The number of aliphatic hydroxyl groups is 1. The van der Waals surface area contributed by atoms with E-state index in [0.717, 1.165) is 52.1 Å². The van der Waals surface area contributed by atoms with Crippen molar-refractivity contribution in [3.63, 3.8) is 0 Å². The SMILES string of the molecule is C=C1c2cccc(OC(F)F)c2-n2c(nc3ccc(-c4cnc5c(c4)CCC5(C)O)cc32)C(CC)N1C. The minimum absolute atomic E-state index is 0.0752. The number of imidazole rings is 1. The van der Waals surface area contributed by atoms with Crippen molar-refractivity contribution < 1.29 is 18.6 Å². The lowest BCUT2D eigenvalue weighted by atomic mass is 10.0. The molecule has 3 heterocycles. The van der Waals surface area contributed by atoms with Crippen LogP contribution in [0.2, 0.25) is 0 Å². The van der Waals surface area contributed by atoms with Crippen molar-refractivity contribution in [2.75, 3.05) is 7.05 Å². The largest absolute Gasteiger partial charge is 0.433 e. The van der Waals surface area contributed by atoms with E-state index in [9.17, 15) is 13.9 Å². The average Bonchev–Trinajstić information content (AvgIpc) is 3.36. The molecule has 2 atom stereocenters. The Morgan fingerprint density at radius 2 is 2.03 bits per heavy atom. The van der Waals surface area contributed by atoms with Crippen LogP contribution in [0, 0.1) is 0 Å². The third kappa shape index (κ3) is 3.62. The Morgan fingerprint density at radius 1 is 1.22 bits per heavy atom. The first-order valence-electron chi connectivity index (χ1n) is 12.4. The van der Waals surface area contributed by atoms with E-state index in [1.54, 1.807) is 25.3 Å². The van der Waals surface area contributed by atoms with Crippen molar-refractivity contribution in [2.24, 2.45) is 0 Å². The van der Waals surface area contributed by atoms with Crippen LogP contribution in [0.5, 0.6) is 5.75 Å². The zero-order chi connectivity index (χ0) is 26.1. The van der Waals surface area contributed by atoms with Gasteiger partial charge in [0.15, 0.2) is 5.75 Å². The predicted molar refractivity (Wildman–Crippen MR) is 139 cm³/mol. The fraction of sp³-hybridized carbons (Fsp3) is 0.310. The molecule has 1 aliphatic carbocycles. The summed E-state index contributed by atoms with van der Waals surface area (Å²) >= 11 is 0. The maximum atomic E-state index is 13.5. The van der Waals surface area contributed by atoms with Crippen molar-refractivity contribution >= 4 is 16.7 Å². The second-order valence-corrected chi connectivity index (χ2v) is 10.0. The van der Waals surface area contributed by atoms with Gasteiger partial charge in [-0.15, -0.1) is 0 Å². The van der Waals surface area contributed by atoms with Crippen LogP contribution in [0.15, 0.2) is 55.2 Å². The van der Waals surface area contributed by atoms with Gasteiger partial charge >= 0.3 is 6.61 Å². The summed E-state index contributed by atoms with van der Waals surface area (Å²) < 4.78 is 33.9. The van der Waals surface area contributed by atoms with E-state index in [0.29, 0.717) is 23.4 Å². The van der Waals surface area contributed by atoms with E-state index >= 15 is 0 Å². The van der Waals surface area contributed by atoms with Crippen LogP contribution in [-0.2, 0) is 12.0 Å². The standard InChI is InChI=1S/C29H28F2N4O2/c1-5-22-27-33-21-10-9-17(19-13-18-11-12-29(3,36)26(18)32-15-19)14-23(21)35(27)25-20(16(2)34(22)4)7-6-8-24(25)37-28(30)31/h6-10,13-15,22,28,36H,2,5,11-12H2,1,3-4H3. The van der Waals surface area contributed by atoms with Crippen LogP contribution in [0.1, 0.15) is 55.4 Å². The molecule has 0 fully saturated rings. The summed E-state index contributed by atoms with van der Waals surface area (Å²) in [7, 11) is 1.95. The molecule has 2 aliphatic rings. The molecule has 6 rings (SSSR count). The van der Waals surface area contributed by atoms with Gasteiger partial charge < -0.3 is 14.7 Å². The highest BCUT2D eigenvalue weighted by Crippen LogP contribution is 2.44. The van der Waals surface area contributed by atoms with Gasteiger partial charge in [0.2, 0.25) is 0 Å². The van der Waals surface area contributed by atoms with E-state index in [2.05, 4.69) is 24.6 Å². The van der Waals surface area contributed by atoms with E-state index in [1.807, 2.05) is 40.8 Å². The molecule has 0 saturated heterocycles. The zero-order valence-electron chi connectivity index (χ0n) is 21.0. The second-order valence-electron chi connectivity index (χ2n) is 10.0. The molecule has 190 valence electrons. The second kappa shape index (κ2) is 8.38. The van der Waals surface area contributed by atoms with Crippen LogP contribution < -0.4 is 4.74 Å². The smallest absolute Gasteiger partial charge is 0.387 e. The van der Waals surface area contributed by atoms with Crippen LogP contribution in [0.4, 0.5) is 8.78 Å². The van der Waals surface area contributed by atoms with Crippen LogP contribution in [-0.4, -0.2) is 38.2 Å². The van der Waals surface area contributed by atoms with Gasteiger partial charge in [0.25, 0.3) is 0 Å². The number of rotatable bonds is 4. The molecule has 1 N–H and O–H groups in total. The number of aromatic nitrogens is 3. The van der Waals surface area contributed by atoms with Gasteiger partial charge in [-0.25, -0.2) is 4.98 Å². The minimum Gasteiger partial charge on any atom is -0.433 e. The first kappa shape index (κ1) is 23.6. The summed E-state index contributed by atoms with van der Waals surface area (Å²) in [5.41, 5.74) is 6.19. The Kier molecular flexibility index (Phi) is 5.35. The zero-order valence-corrected chi connectivity index (χ0v) is 21.0. The van der Waals surface area contributed by atoms with Gasteiger partial charge in [0.1, 0.15) is 11.4 Å². The van der Waals surface area contributed by atoms with Gasteiger partial charge in [0.05, 0.1) is 28.5 Å². The number of hydrogen-bond donors (Lipinski definition) is 1. The van der Waals surface area contributed by atoms with Crippen molar-refractivity contribution in [1.29, 1.82) is 0 Å². The molecule has 0 radical (unpaired) electrons. The van der Waals surface area contributed by atoms with Crippen LogP contribution in [0.25, 0.3) is 33.5 Å². The molecule has 2 unspecified atom stereocenters. The Morgan fingerprint density at radius 3 is 2.78 bits per heavy atom. The minimum atomic E-state index is -2.97. The Bertz CT molecular complexity index is 1560. The Hall–Kier alpha value is -3.78. The molecule has 8 heteroatoms. The highest BCUT2D eigenvalue weighted by Gasteiger charge is 2.34. The first-order chi connectivity index (χ1) is 17.7. The molecular formula is C29H28F2N4O2. The number of hydrogen-bond acceptors (Lipinski definition) is 5. The van der Waals surface area contributed by atoms with E-state index in [1.165, 1.54) is 0 Å². The molecule has 0 amide bonds. The lowest BCUT2D eigenvalue weighted by molar-refractivity contribution is -0.0498. The summed E-state index contributed by atoms with van der Waals surface area (Å²) in [6.07, 6.45) is 3.94. The number of aryl methyl sites for hydroxylation is 1. The van der Waals surface area contributed by atoms with E-state index in [-0.39, 0.29) is 11.8 Å². The molecule has 4 aromatic rings. The lowest BCUT2D eigenvalue weighted by Crippen LogP contribution is -2.22. The van der Waals surface area contributed by atoms with Gasteiger partial charge in [0, 0.05) is 30.1 Å². The summed E-state index contributed by atoms with van der Waals surface area (Å²) in [6, 6.07) is 13.1. The Balaban J connectivity index is 1.60. The number of halogens is 2. The highest BCUT2D eigenvalue weighted by molar-refractivity contribution is 5.87. The van der Waals surface area contributed by atoms with Crippen LogP contribution in [0.3, 0.4) is 0 Å². The van der Waals surface area contributed by atoms with Crippen molar-refractivity contribution in [2.45, 2.75) is 51.4 Å². The molecule has 37 heavy (non-hydrogen) atoms. The normalized spacial score (nSPS) is 20.7. The maximum Gasteiger partial charge on any atom is 0.387 e. The Labute approximate surface area is 213 Å². The van der Waals surface area contributed by atoms with Gasteiger partial charge in [-0.05, 0) is 61.6 Å². The van der Waals surface area contributed by atoms with Crippen molar-refractivity contribution in [1.82, 2.24) is 19.4 Å². The predicted octanol–water partition coefficient (Wildman–Crippen LogP) is 6.21. The summed E-state index contributed by atoms with van der Waals surface area (Å²) in [4.78, 5) is 11.6. The number of ether oxygens (including phenoxy) is 1. The van der Waals surface area contributed by atoms with Crippen molar-refractivity contribution in [3.05, 3.63) is 77.9 Å². The maximum absolute atomic E-state index is 13.5. The third-order valence-electron chi connectivity index (χ3n) is 7.70. The summed E-state index contributed by atoms with van der Waals surface area (Å²) in [5, 5.41) is 10.6. The average molecular weight is 503 g/mol. The fourth-order valence-corrected chi connectivity index (χ4v) is 5.76.